The molecule has 0 saturated carbocycles. The molecule has 2 aromatic carbocycles. The lowest BCUT2D eigenvalue weighted by Crippen LogP contribution is -2.09. The average molecular weight is 315 g/mol. The first-order valence-corrected chi connectivity index (χ1v) is 8.34. The number of pyridine rings is 1. The van der Waals surface area contributed by atoms with Gasteiger partial charge in [0.05, 0.1) is 17.1 Å². The molecule has 3 rings (SSSR count). The van der Waals surface area contributed by atoms with E-state index >= 15 is 0 Å². The van der Waals surface area contributed by atoms with E-state index in [2.05, 4.69) is 49.5 Å². The molecule has 0 amide bonds. The summed E-state index contributed by atoms with van der Waals surface area (Å²) < 4.78 is 0. The van der Waals surface area contributed by atoms with Gasteiger partial charge in [-0.05, 0) is 49.1 Å². The van der Waals surface area contributed by atoms with Gasteiger partial charge in [0.15, 0.2) is 0 Å². The Morgan fingerprint density at radius 2 is 1.96 bits per heavy atom. The van der Waals surface area contributed by atoms with Crippen LogP contribution in [0.1, 0.15) is 29.3 Å². The number of nitrogens with zero attached hydrogens (tertiary/aromatic N) is 2. The largest absolute Gasteiger partial charge is 0.384 e. The molecule has 1 aromatic heterocycles. The van der Waals surface area contributed by atoms with Crippen LogP contribution in [0.4, 0.5) is 5.69 Å². The molecule has 0 unspecified atom stereocenters. The van der Waals surface area contributed by atoms with Crippen molar-refractivity contribution in [3.05, 3.63) is 70.9 Å². The summed E-state index contributed by atoms with van der Waals surface area (Å²) >= 11 is 0. The summed E-state index contributed by atoms with van der Waals surface area (Å²) in [7, 11) is 0. The van der Waals surface area contributed by atoms with Gasteiger partial charge in [-0.25, -0.2) is 0 Å². The van der Waals surface area contributed by atoms with E-state index in [1.165, 1.54) is 22.2 Å². The van der Waals surface area contributed by atoms with Crippen molar-refractivity contribution in [1.82, 2.24) is 4.98 Å². The van der Waals surface area contributed by atoms with Crippen LogP contribution in [-0.4, -0.2) is 11.5 Å². The van der Waals surface area contributed by atoms with Crippen molar-refractivity contribution >= 4 is 16.6 Å². The fraction of sp³-hybridized carbons (Fsp3) is 0.238. The van der Waals surface area contributed by atoms with Crippen molar-refractivity contribution in [3.63, 3.8) is 0 Å². The van der Waals surface area contributed by atoms with Crippen molar-refractivity contribution < 1.29 is 0 Å². The number of hydrogen-bond acceptors (Lipinski definition) is 3. The molecule has 0 saturated heterocycles. The van der Waals surface area contributed by atoms with Crippen molar-refractivity contribution in [2.24, 2.45) is 0 Å². The quantitative estimate of drug-likeness (QED) is 0.746. The van der Waals surface area contributed by atoms with Crippen molar-refractivity contribution in [2.45, 2.75) is 26.7 Å². The molecule has 0 bridgehead atoms. The first-order chi connectivity index (χ1) is 11.7. The van der Waals surface area contributed by atoms with Gasteiger partial charge in [-0.3, -0.25) is 4.98 Å². The van der Waals surface area contributed by atoms with E-state index in [4.69, 9.17) is 10.2 Å². The van der Waals surface area contributed by atoms with Crippen LogP contribution in [0.15, 0.2) is 48.5 Å². The molecule has 0 atom stereocenters. The Labute approximate surface area is 143 Å². The van der Waals surface area contributed by atoms with E-state index in [1.807, 2.05) is 24.3 Å². The molecule has 0 aliphatic carbocycles. The number of nitriles is 1. The molecule has 1 N–H and O–H groups in total. The highest BCUT2D eigenvalue weighted by Gasteiger charge is 2.10. The molecule has 0 aliphatic heterocycles. The van der Waals surface area contributed by atoms with Crippen LogP contribution in [0.25, 0.3) is 10.9 Å². The summed E-state index contributed by atoms with van der Waals surface area (Å²) in [6.07, 6.45) is 1.84. The van der Waals surface area contributed by atoms with Crippen LogP contribution >= 0.6 is 0 Å². The number of para-hydroxylation sites is 1. The van der Waals surface area contributed by atoms with Gasteiger partial charge in [-0.2, -0.15) is 5.26 Å². The Balaban J connectivity index is 1.85. The van der Waals surface area contributed by atoms with Gasteiger partial charge in [0.25, 0.3) is 0 Å². The fourth-order valence-corrected chi connectivity index (χ4v) is 3.14. The minimum absolute atomic E-state index is 0.715. The fourth-order valence-electron chi connectivity index (χ4n) is 3.14. The number of aryl methyl sites for hydroxylation is 1. The third kappa shape index (κ3) is 3.23. The molecule has 1 heterocycles. The summed E-state index contributed by atoms with van der Waals surface area (Å²) in [5.74, 6) is 0. The first kappa shape index (κ1) is 16.0. The lowest BCUT2D eigenvalue weighted by molar-refractivity contribution is 0.999. The van der Waals surface area contributed by atoms with Crippen LogP contribution in [0.3, 0.4) is 0 Å². The lowest BCUT2D eigenvalue weighted by Gasteiger charge is -2.16. The lowest BCUT2D eigenvalue weighted by atomic mass is 10.0. The van der Waals surface area contributed by atoms with Crippen molar-refractivity contribution in [1.29, 1.82) is 5.26 Å². The maximum atomic E-state index is 9.01. The Kier molecular flexibility index (Phi) is 4.77. The Bertz CT molecular complexity index is 907. The number of fused-ring (bicyclic) bond motifs is 1. The van der Waals surface area contributed by atoms with E-state index in [-0.39, 0.29) is 0 Å². The number of hydrogen-bond donors (Lipinski definition) is 1. The topological polar surface area (TPSA) is 48.7 Å². The minimum Gasteiger partial charge on any atom is -0.384 e. The number of anilines is 1. The van der Waals surface area contributed by atoms with Crippen molar-refractivity contribution in [2.75, 3.05) is 11.9 Å². The number of rotatable bonds is 5. The zero-order chi connectivity index (χ0) is 16.9. The van der Waals surface area contributed by atoms with Crippen LogP contribution < -0.4 is 5.32 Å². The van der Waals surface area contributed by atoms with Gasteiger partial charge >= 0.3 is 0 Å². The molecule has 0 aliphatic rings. The summed E-state index contributed by atoms with van der Waals surface area (Å²) in [4.78, 5) is 4.72. The number of nitrogens with one attached hydrogen (secondary N) is 1. The summed E-state index contributed by atoms with van der Waals surface area (Å²) in [5, 5.41) is 13.8. The Morgan fingerprint density at radius 1 is 1.12 bits per heavy atom. The Morgan fingerprint density at radius 3 is 2.75 bits per heavy atom. The smallest absolute Gasteiger partial charge is 0.0991 e. The van der Waals surface area contributed by atoms with Gasteiger partial charge < -0.3 is 5.32 Å². The monoisotopic (exact) mass is 315 g/mol. The molecule has 3 aromatic rings. The standard InChI is InChI=1S/C21H21N3/c1-3-18-15(2)24-20-10-5-4-9-19(20)21(18)23-12-11-16-7-6-8-17(13-16)14-22/h4-10,13H,3,11-12H2,1-2H3,(H,23,24). The molecular formula is C21H21N3. The molecular weight excluding hydrogens is 294 g/mol. The van der Waals surface area contributed by atoms with Crippen LogP contribution in [0, 0.1) is 18.3 Å². The highest BCUT2D eigenvalue weighted by atomic mass is 14.9. The normalized spacial score (nSPS) is 10.5. The predicted octanol–water partition coefficient (Wildman–Crippen LogP) is 4.63. The molecule has 3 nitrogen and oxygen atoms in total. The van der Waals surface area contributed by atoms with Gasteiger partial charge in [0.1, 0.15) is 0 Å². The minimum atomic E-state index is 0.715. The molecule has 24 heavy (non-hydrogen) atoms. The highest BCUT2D eigenvalue weighted by molar-refractivity contribution is 5.93. The second-order valence-corrected chi connectivity index (χ2v) is 5.91. The van der Waals surface area contributed by atoms with E-state index in [1.54, 1.807) is 0 Å². The van der Waals surface area contributed by atoms with Gasteiger partial charge in [0, 0.05) is 23.3 Å². The average Bonchev–Trinajstić information content (AvgIpc) is 2.61. The van der Waals surface area contributed by atoms with Gasteiger partial charge in [0.2, 0.25) is 0 Å². The zero-order valence-corrected chi connectivity index (χ0v) is 14.1. The summed E-state index contributed by atoms with van der Waals surface area (Å²) in [5.41, 5.74) is 6.48. The third-order valence-corrected chi connectivity index (χ3v) is 4.33. The summed E-state index contributed by atoms with van der Waals surface area (Å²) in [6, 6.07) is 18.3. The zero-order valence-electron chi connectivity index (χ0n) is 14.1. The van der Waals surface area contributed by atoms with Crippen molar-refractivity contribution in [3.8, 4) is 6.07 Å². The second-order valence-electron chi connectivity index (χ2n) is 5.91. The predicted molar refractivity (Wildman–Crippen MR) is 99.2 cm³/mol. The third-order valence-electron chi connectivity index (χ3n) is 4.33. The molecule has 0 fully saturated rings. The van der Waals surface area contributed by atoms with Crippen LogP contribution in [0.5, 0.6) is 0 Å². The molecule has 120 valence electrons. The first-order valence-electron chi connectivity index (χ1n) is 8.34. The number of benzene rings is 2. The van der Waals surface area contributed by atoms with E-state index in [0.29, 0.717) is 5.56 Å². The maximum Gasteiger partial charge on any atom is 0.0991 e. The van der Waals surface area contributed by atoms with E-state index < -0.39 is 0 Å². The van der Waals surface area contributed by atoms with Crippen LogP contribution in [0.2, 0.25) is 0 Å². The Hall–Kier alpha value is -2.86. The van der Waals surface area contributed by atoms with E-state index in [9.17, 15) is 0 Å². The SMILES string of the molecule is CCc1c(C)nc2ccccc2c1NCCc1cccc(C#N)c1. The van der Waals surface area contributed by atoms with Crippen LogP contribution in [-0.2, 0) is 12.8 Å². The molecule has 3 heteroatoms. The summed E-state index contributed by atoms with van der Waals surface area (Å²) in [6.45, 7) is 5.07. The highest BCUT2D eigenvalue weighted by Crippen LogP contribution is 2.28. The second kappa shape index (κ2) is 7.14. The number of aromatic nitrogens is 1. The van der Waals surface area contributed by atoms with Gasteiger partial charge in [-0.15, -0.1) is 0 Å². The molecule has 0 radical (unpaired) electrons. The van der Waals surface area contributed by atoms with Gasteiger partial charge in [-0.1, -0.05) is 37.3 Å². The maximum absolute atomic E-state index is 9.01. The molecule has 0 spiro atoms. The van der Waals surface area contributed by atoms with E-state index in [0.717, 1.165) is 30.6 Å².